The van der Waals surface area contributed by atoms with Gasteiger partial charge in [0.05, 0.1) is 18.3 Å². The molecule has 0 fully saturated rings. The number of rotatable bonds is 2. The van der Waals surface area contributed by atoms with Crippen molar-refractivity contribution in [2.24, 2.45) is 0 Å². The van der Waals surface area contributed by atoms with E-state index in [0.29, 0.717) is 16.7 Å². The molecule has 84 valence electrons. The number of methoxy groups -OCH3 is 1. The highest BCUT2D eigenvalue weighted by molar-refractivity contribution is 5.84. The third kappa shape index (κ3) is 1.64. The first kappa shape index (κ1) is 10.6. The normalized spacial score (nSPS) is 11.0. The molecule has 0 saturated heterocycles. The maximum atomic E-state index is 12.5. The first-order valence-electron chi connectivity index (χ1n) is 4.61. The summed E-state index contributed by atoms with van der Waals surface area (Å²) in [5.74, 6) is 0.372. The summed E-state index contributed by atoms with van der Waals surface area (Å²) < 4.78 is 30.0. The molecule has 0 atom stereocenters. The Morgan fingerprint density at radius 2 is 2.12 bits per heavy atom. The van der Waals surface area contributed by atoms with Crippen LogP contribution in [0.3, 0.4) is 0 Å². The number of hydrogen-bond acceptors (Lipinski definition) is 2. The zero-order chi connectivity index (χ0) is 11.7. The molecule has 0 aliphatic rings. The number of alkyl halides is 2. The molecule has 0 spiro atoms. The lowest BCUT2D eigenvalue weighted by Crippen LogP contribution is -2.06. The predicted molar refractivity (Wildman–Crippen MR) is 56.1 cm³/mol. The Morgan fingerprint density at radius 1 is 1.38 bits per heavy atom. The van der Waals surface area contributed by atoms with Gasteiger partial charge in [-0.25, -0.2) is 8.78 Å². The maximum absolute atomic E-state index is 12.5. The summed E-state index contributed by atoms with van der Waals surface area (Å²) in [6, 6.07) is 5.71. The molecule has 0 radical (unpaired) electrons. The summed E-state index contributed by atoms with van der Waals surface area (Å²) in [4.78, 5) is 14.1. The number of benzene rings is 1. The molecule has 1 heterocycles. The van der Waals surface area contributed by atoms with Crippen molar-refractivity contribution < 1.29 is 13.5 Å². The van der Waals surface area contributed by atoms with Gasteiger partial charge in [-0.05, 0) is 12.1 Å². The van der Waals surface area contributed by atoms with Crippen LogP contribution in [-0.4, -0.2) is 12.1 Å². The van der Waals surface area contributed by atoms with E-state index >= 15 is 0 Å². The number of aromatic nitrogens is 1. The van der Waals surface area contributed by atoms with Gasteiger partial charge in [0, 0.05) is 11.5 Å². The molecule has 1 aromatic carbocycles. The average Bonchev–Trinajstić information content (AvgIpc) is 2.28. The zero-order valence-corrected chi connectivity index (χ0v) is 8.46. The molecule has 0 aliphatic carbocycles. The molecule has 0 amide bonds. The summed E-state index contributed by atoms with van der Waals surface area (Å²) in [5, 5.41) is 0.337. The molecule has 2 rings (SSSR count). The first-order chi connectivity index (χ1) is 7.63. The lowest BCUT2D eigenvalue weighted by Gasteiger charge is -2.07. The Labute approximate surface area is 89.7 Å². The average molecular weight is 225 g/mol. The lowest BCUT2D eigenvalue weighted by molar-refractivity contribution is 0.146. The number of pyridine rings is 1. The number of nitrogens with one attached hydrogen (secondary N) is 1. The summed E-state index contributed by atoms with van der Waals surface area (Å²) >= 11 is 0. The van der Waals surface area contributed by atoms with Crippen molar-refractivity contribution in [3.8, 4) is 5.75 Å². The largest absolute Gasteiger partial charge is 0.495 e. The van der Waals surface area contributed by atoms with E-state index in [1.807, 2.05) is 0 Å². The Hall–Kier alpha value is -1.91. The van der Waals surface area contributed by atoms with Crippen LogP contribution in [0.4, 0.5) is 8.78 Å². The number of para-hydroxylation sites is 1. The summed E-state index contributed by atoms with van der Waals surface area (Å²) in [5.41, 5.74) is -0.544. The van der Waals surface area contributed by atoms with Crippen LogP contribution in [0.5, 0.6) is 5.75 Å². The number of ether oxygens (including phenoxy) is 1. The number of fused-ring (bicyclic) bond motifs is 1. The molecular weight excluding hydrogens is 216 g/mol. The van der Waals surface area contributed by atoms with Crippen LogP contribution in [0.2, 0.25) is 0 Å². The highest BCUT2D eigenvalue weighted by Gasteiger charge is 2.12. The number of halogens is 2. The molecule has 0 saturated carbocycles. The summed E-state index contributed by atoms with van der Waals surface area (Å²) in [6.07, 6.45) is -2.71. The summed E-state index contributed by atoms with van der Waals surface area (Å²) in [6.45, 7) is 0. The van der Waals surface area contributed by atoms with Gasteiger partial charge >= 0.3 is 0 Å². The van der Waals surface area contributed by atoms with Crippen molar-refractivity contribution in [1.82, 2.24) is 4.98 Å². The standard InChI is InChI=1S/C11H9F2NO2/c1-16-9-4-2-3-6-8(15)5-7(11(12)13)14-10(6)9/h2-5,11H,1H3,(H,14,15). The number of H-pyrrole nitrogens is 1. The van der Waals surface area contributed by atoms with E-state index < -0.39 is 17.5 Å². The molecule has 1 aromatic heterocycles. The Balaban J connectivity index is 2.83. The highest BCUT2D eigenvalue weighted by Crippen LogP contribution is 2.24. The van der Waals surface area contributed by atoms with Crippen molar-refractivity contribution in [3.63, 3.8) is 0 Å². The van der Waals surface area contributed by atoms with Gasteiger partial charge in [-0.15, -0.1) is 0 Å². The molecule has 1 N–H and O–H groups in total. The van der Waals surface area contributed by atoms with Crippen molar-refractivity contribution in [2.75, 3.05) is 7.11 Å². The minimum absolute atomic E-state index is 0.299. The molecule has 5 heteroatoms. The van der Waals surface area contributed by atoms with E-state index in [4.69, 9.17) is 4.74 Å². The minimum atomic E-state index is -2.71. The third-order valence-corrected chi connectivity index (χ3v) is 2.30. The fourth-order valence-corrected chi connectivity index (χ4v) is 1.55. The molecule has 0 unspecified atom stereocenters. The zero-order valence-electron chi connectivity index (χ0n) is 8.46. The van der Waals surface area contributed by atoms with Crippen LogP contribution in [0.15, 0.2) is 29.1 Å². The van der Waals surface area contributed by atoms with Crippen LogP contribution >= 0.6 is 0 Å². The van der Waals surface area contributed by atoms with Gasteiger partial charge in [-0.1, -0.05) is 6.07 Å². The fourth-order valence-electron chi connectivity index (χ4n) is 1.55. The van der Waals surface area contributed by atoms with E-state index in [1.165, 1.54) is 7.11 Å². The maximum Gasteiger partial charge on any atom is 0.278 e. The first-order valence-corrected chi connectivity index (χ1v) is 4.61. The van der Waals surface area contributed by atoms with E-state index in [9.17, 15) is 13.6 Å². The van der Waals surface area contributed by atoms with Gasteiger partial charge in [0.25, 0.3) is 6.43 Å². The minimum Gasteiger partial charge on any atom is -0.495 e. The van der Waals surface area contributed by atoms with Crippen molar-refractivity contribution >= 4 is 10.9 Å². The van der Waals surface area contributed by atoms with E-state index in [2.05, 4.69) is 4.98 Å². The number of hydrogen-bond donors (Lipinski definition) is 1. The molecule has 16 heavy (non-hydrogen) atoms. The topological polar surface area (TPSA) is 42.1 Å². The van der Waals surface area contributed by atoms with Gasteiger partial charge in [-0.3, -0.25) is 4.79 Å². The predicted octanol–water partition coefficient (Wildman–Crippen LogP) is 2.47. The van der Waals surface area contributed by atoms with Crippen molar-refractivity contribution in [1.29, 1.82) is 0 Å². The van der Waals surface area contributed by atoms with Gasteiger partial charge < -0.3 is 9.72 Å². The lowest BCUT2D eigenvalue weighted by atomic mass is 10.2. The van der Waals surface area contributed by atoms with E-state index in [-0.39, 0.29) is 0 Å². The second-order valence-electron chi connectivity index (χ2n) is 3.27. The quantitative estimate of drug-likeness (QED) is 0.853. The van der Waals surface area contributed by atoms with Crippen LogP contribution in [-0.2, 0) is 0 Å². The molecule has 0 bridgehead atoms. The summed E-state index contributed by atoms with van der Waals surface area (Å²) in [7, 11) is 1.42. The van der Waals surface area contributed by atoms with Crippen LogP contribution in [0, 0.1) is 0 Å². The second kappa shape index (κ2) is 3.92. The fraction of sp³-hybridized carbons (Fsp3) is 0.182. The van der Waals surface area contributed by atoms with Crippen LogP contribution in [0.1, 0.15) is 12.1 Å². The molecule has 0 aliphatic heterocycles. The van der Waals surface area contributed by atoms with Crippen molar-refractivity contribution in [3.05, 3.63) is 40.2 Å². The second-order valence-corrected chi connectivity index (χ2v) is 3.27. The van der Waals surface area contributed by atoms with Crippen molar-refractivity contribution in [2.45, 2.75) is 6.43 Å². The molecule has 3 nitrogen and oxygen atoms in total. The Bertz CT molecular complexity index is 578. The van der Waals surface area contributed by atoms with Crippen LogP contribution < -0.4 is 10.2 Å². The number of aromatic amines is 1. The van der Waals surface area contributed by atoms with Gasteiger partial charge in [0.1, 0.15) is 5.75 Å². The highest BCUT2D eigenvalue weighted by atomic mass is 19.3. The van der Waals surface area contributed by atoms with E-state index in [1.54, 1.807) is 18.2 Å². The molecular formula is C11H9F2NO2. The molecule has 2 aromatic rings. The third-order valence-electron chi connectivity index (χ3n) is 2.30. The van der Waals surface area contributed by atoms with Gasteiger partial charge in [-0.2, -0.15) is 0 Å². The van der Waals surface area contributed by atoms with Gasteiger partial charge in [0.2, 0.25) is 0 Å². The van der Waals surface area contributed by atoms with E-state index in [0.717, 1.165) is 6.07 Å². The smallest absolute Gasteiger partial charge is 0.278 e. The Morgan fingerprint density at radius 3 is 2.75 bits per heavy atom. The van der Waals surface area contributed by atoms with Crippen LogP contribution in [0.25, 0.3) is 10.9 Å². The SMILES string of the molecule is COc1cccc2c(=O)cc(C(F)F)[nH]c12. The Kier molecular flexibility index (Phi) is 2.60. The monoisotopic (exact) mass is 225 g/mol. The van der Waals surface area contributed by atoms with Gasteiger partial charge in [0.15, 0.2) is 5.43 Å².